The largest absolute Gasteiger partial charge is 0.382 e. The smallest absolute Gasteiger partial charge is 0.190 e. The summed E-state index contributed by atoms with van der Waals surface area (Å²) in [5.41, 5.74) is 0.905. The maximum absolute atomic E-state index is 13.0. The van der Waals surface area contributed by atoms with E-state index in [-0.39, 0.29) is 29.8 Å². The number of guanidine groups is 1. The Labute approximate surface area is 165 Å². The zero-order valence-electron chi connectivity index (χ0n) is 14.1. The van der Waals surface area contributed by atoms with Crippen LogP contribution in [0.25, 0.3) is 0 Å². The second kappa shape index (κ2) is 14.7. The summed E-state index contributed by atoms with van der Waals surface area (Å²) in [6, 6.07) is 4.44. The van der Waals surface area contributed by atoms with Gasteiger partial charge >= 0.3 is 0 Å². The Bertz CT molecular complexity index is 492. The molecule has 0 spiro atoms. The molecule has 0 amide bonds. The number of rotatable bonds is 10. The number of hydrogen-bond donors (Lipinski definition) is 2. The third-order valence-electron chi connectivity index (χ3n) is 3.12. The minimum Gasteiger partial charge on any atom is -0.382 e. The second-order valence-corrected chi connectivity index (χ2v) is 5.28. The van der Waals surface area contributed by atoms with Crippen LogP contribution in [0.2, 0.25) is 5.02 Å². The summed E-state index contributed by atoms with van der Waals surface area (Å²) in [4.78, 5) is 4.14. The molecule has 0 heterocycles. The van der Waals surface area contributed by atoms with Crippen molar-refractivity contribution in [3.05, 3.63) is 34.6 Å². The summed E-state index contributed by atoms with van der Waals surface area (Å²) in [7, 11) is 3.37. The minimum atomic E-state index is -0.322. The molecule has 0 saturated heterocycles. The molecule has 0 aliphatic heterocycles. The van der Waals surface area contributed by atoms with Crippen LogP contribution in [0.4, 0.5) is 4.39 Å². The van der Waals surface area contributed by atoms with E-state index in [4.69, 9.17) is 21.1 Å². The van der Waals surface area contributed by atoms with E-state index in [0.29, 0.717) is 37.8 Å². The third kappa shape index (κ3) is 10.3. The Morgan fingerprint density at radius 2 is 1.96 bits per heavy atom. The number of methoxy groups -OCH3 is 1. The van der Waals surface area contributed by atoms with E-state index in [1.165, 1.54) is 12.1 Å². The molecule has 2 N–H and O–H groups in total. The van der Waals surface area contributed by atoms with Gasteiger partial charge in [0.2, 0.25) is 0 Å². The van der Waals surface area contributed by atoms with Crippen molar-refractivity contribution in [1.29, 1.82) is 0 Å². The summed E-state index contributed by atoms with van der Waals surface area (Å²) >= 11 is 6.00. The molecule has 8 heteroatoms. The summed E-state index contributed by atoms with van der Waals surface area (Å²) in [5.74, 6) is 0.400. The van der Waals surface area contributed by atoms with E-state index in [0.717, 1.165) is 24.5 Å². The van der Waals surface area contributed by atoms with E-state index >= 15 is 0 Å². The van der Waals surface area contributed by atoms with Gasteiger partial charge < -0.3 is 20.1 Å². The molecule has 0 radical (unpaired) electrons. The number of aliphatic imine (C=N–C) groups is 1. The van der Waals surface area contributed by atoms with Crippen LogP contribution >= 0.6 is 35.6 Å². The predicted molar refractivity (Wildman–Crippen MR) is 107 cm³/mol. The van der Waals surface area contributed by atoms with Gasteiger partial charge in [0.1, 0.15) is 5.82 Å². The standard InChI is InChI=1S/C16H25ClFN3O2.HI/c1-19-16(20-7-3-9-23-11-10-22-2)21-8-6-13-4-5-14(18)12-15(13)17;/h4-5,12H,3,6-11H2,1-2H3,(H2,19,20,21);1H. The SMILES string of the molecule is CN=C(NCCCOCCOC)NCCc1ccc(F)cc1Cl.I. The first kappa shape index (κ1) is 23.4. The van der Waals surface area contributed by atoms with Crippen molar-refractivity contribution in [1.82, 2.24) is 10.6 Å². The number of nitrogens with one attached hydrogen (secondary N) is 2. The number of benzene rings is 1. The van der Waals surface area contributed by atoms with Gasteiger partial charge in [-0.3, -0.25) is 4.99 Å². The molecular weight excluding hydrogens is 448 g/mol. The van der Waals surface area contributed by atoms with Crippen LogP contribution < -0.4 is 10.6 Å². The summed E-state index contributed by atoms with van der Waals surface area (Å²) in [6.45, 7) is 3.34. The van der Waals surface area contributed by atoms with Gasteiger partial charge in [-0.1, -0.05) is 17.7 Å². The molecule has 0 fully saturated rings. The van der Waals surface area contributed by atoms with Crippen molar-refractivity contribution in [3.63, 3.8) is 0 Å². The van der Waals surface area contributed by atoms with Crippen LogP contribution in [0.15, 0.2) is 23.2 Å². The van der Waals surface area contributed by atoms with Crippen LogP contribution in [0.5, 0.6) is 0 Å². The zero-order valence-corrected chi connectivity index (χ0v) is 17.2. The molecule has 138 valence electrons. The average Bonchev–Trinajstić information content (AvgIpc) is 2.54. The molecule has 0 saturated carbocycles. The molecular formula is C16H26ClFIN3O2. The number of halogens is 3. The summed E-state index contributed by atoms with van der Waals surface area (Å²) in [5, 5.41) is 6.85. The Morgan fingerprint density at radius 3 is 2.62 bits per heavy atom. The van der Waals surface area contributed by atoms with Crippen molar-refractivity contribution < 1.29 is 13.9 Å². The van der Waals surface area contributed by atoms with Crippen LogP contribution in [-0.2, 0) is 15.9 Å². The first-order valence-electron chi connectivity index (χ1n) is 7.62. The normalized spacial score (nSPS) is 11.1. The molecule has 24 heavy (non-hydrogen) atoms. The van der Waals surface area contributed by atoms with Gasteiger partial charge in [-0.05, 0) is 30.5 Å². The Morgan fingerprint density at radius 1 is 1.21 bits per heavy atom. The van der Waals surface area contributed by atoms with Crippen LogP contribution in [0, 0.1) is 5.82 Å². The molecule has 0 bridgehead atoms. The van der Waals surface area contributed by atoms with Gasteiger partial charge in [0.05, 0.1) is 13.2 Å². The first-order valence-corrected chi connectivity index (χ1v) is 8.00. The Hall–Kier alpha value is -0.640. The number of hydrogen-bond acceptors (Lipinski definition) is 3. The monoisotopic (exact) mass is 473 g/mol. The molecule has 5 nitrogen and oxygen atoms in total. The first-order chi connectivity index (χ1) is 11.2. The highest BCUT2D eigenvalue weighted by Gasteiger charge is 2.03. The quantitative estimate of drug-likeness (QED) is 0.237. The summed E-state index contributed by atoms with van der Waals surface area (Å²) < 4.78 is 23.3. The third-order valence-corrected chi connectivity index (χ3v) is 3.47. The average molecular weight is 474 g/mol. The molecule has 0 aliphatic carbocycles. The lowest BCUT2D eigenvalue weighted by atomic mass is 10.1. The van der Waals surface area contributed by atoms with Crippen LogP contribution in [0.3, 0.4) is 0 Å². The van der Waals surface area contributed by atoms with E-state index in [1.807, 2.05) is 0 Å². The maximum Gasteiger partial charge on any atom is 0.190 e. The zero-order chi connectivity index (χ0) is 16.9. The lowest BCUT2D eigenvalue weighted by Gasteiger charge is -2.12. The second-order valence-electron chi connectivity index (χ2n) is 4.87. The van der Waals surface area contributed by atoms with Gasteiger partial charge in [-0.2, -0.15) is 0 Å². The maximum atomic E-state index is 13.0. The molecule has 1 rings (SSSR count). The van der Waals surface area contributed by atoms with Crippen molar-refractivity contribution in [2.45, 2.75) is 12.8 Å². The highest BCUT2D eigenvalue weighted by atomic mass is 127. The van der Waals surface area contributed by atoms with Crippen molar-refractivity contribution in [2.75, 3.05) is 47.1 Å². The molecule has 0 unspecified atom stereocenters. The van der Waals surface area contributed by atoms with Gasteiger partial charge in [0, 0.05) is 38.9 Å². The number of ether oxygens (including phenoxy) is 2. The molecule has 0 aromatic heterocycles. The van der Waals surface area contributed by atoms with Crippen molar-refractivity contribution in [2.24, 2.45) is 4.99 Å². The molecule has 0 atom stereocenters. The predicted octanol–water partition coefficient (Wildman–Crippen LogP) is 2.86. The van der Waals surface area contributed by atoms with E-state index in [2.05, 4.69) is 15.6 Å². The van der Waals surface area contributed by atoms with Crippen LogP contribution in [-0.4, -0.2) is 53.0 Å². The Balaban J connectivity index is 0.00000529. The van der Waals surface area contributed by atoms with E-state index in [9.17, 15) is 4.39 Å². The van der Waals surface area contributed by atoms with E-state index in [1.54, 1.807) is 20.2 Å². The number of nitrogens with zero attached hydrogens (tertiary/aromatic N) is 1. The fourth-order valence-electron chi connectivity index (χ4n) is 1.89. The highest BCUT2D eigenvalue weighted by molar-refractivity contribution is 14.0. The highest BCUT2D eigenvalue weighted by Crippen LogP contribution is 2.17. The van der Waals surface area contributed by atoms with E-state index < -0.39 is 0 Å². The lowest BCUT2D eigenvalue weighted by molar-refractivity contribution is 0.0698. The van der Waals surface area contributed by atoms with Crippen molar-refractivity contribution >= 4 is 41.5 Å². The summed E-state index contributed by atoms with van der Waals surface area (Å²) in [6.07, 6.45) is 1.58. The molecule has 1 aromatic rings. The van der Waals surface area contributed by atoms with Gasteiger partial charge in [-0.15, -0.1) is 24.0 Å². The van der Waals surface area contributed by atoms with Crippen molar-refractivity contribution in [3.8, 4) is 0 Å². The molecule has 1 aromatic carbocycles. The fourth-order valence-corrected chi connectivity index (χ4v) is 2.15. The Kier molecular flexibility index (Phi) is 14.3. The molecule has 0 aliphatic rings. The minimum absolute atomic E-state index is 0. The van der Waals surface area contributed by atoms with Gasteiger partial charge in [-0.25, -0.2) is 4.39 Å². The topological polar surface area (TPSA) is 54.9 Å². The van der Waals surface area contributed by atoms with Gasteiger partial charge in [0.25, 0.3) is 0 Å². The van der Waals surface area contributed by atoms with Crippen LogP contribution in [0.1, 0.15) is 12.0 Å². The fraction of sp³-hybridized carbons (Fsp3) is 0.562. The van der Waals surface area contributed by atoms with Gasteiger partial charge in [0.15, 0.2) is 5.96 Å². The lowest BCUT2D eigenvalue weighted by Crippen LogP contribution is -2.39.